The maximum atomic E-state index is 13.1. The van der Waals surface area contributed by atoms with E-state index in [0.29, 0.717) is 23.5 Å². The lowest BCUT2D eigenvalue weighted by Crippen LogP contribution is -2.63. The summed E-state index contributed by atoms with van der Waals surface area (Å²) in [5, 5.41) is 2.31. The number of carbonyl (C=O) groups excluding carboxylic acids is 4. The fraction of sp³-hybridized carbons (Fsp3) is 0.407. The molecule has 2 saturated heterocycles. The summed E-state index contributed by atoms with van der Waals surface area (Å²) in [7, 11) is 1.67. The molecule has 4 aliphatic rings. The molecule has 6 rings (SSSR count). The number of fused-ring (bicyclic) bond motifs is 1. The molecule has 8 nitrogen and oxygen atoms in total. The quantitative estimate of drug-likeness (QED) is 0.689. The van der Waals surface area contributed by atoms with Crippen molar-refractivity contribution in [3.05, 3.63) is 64.7 Å². The normalized spacial score (nSPS) is 23.0. The van der Waals surface area contributed by atoms with Crippen molar-refractivity contribution in [1.82, 2.24) is 15.1 Å². The molecule has 180 valence electrons. The predicted octanol–water partition coefficient (Wildman–Crippen LogP) is 2.48. The minimum atomic E-state index is -0.653. The zero-order chi connectivity index (χ0) is 24.3. The smallest absolute Gasteiger partial charge is 0.255 e. The molecule has 1 atom stereocenters. The number of carbonyl (C=O) groups is 4. The minimum Gasteiger partial charge on any atom is -0.497 e. The van der Waals surface area contributed by atoms with Crippen molar-refractivity contribution in [3.8, 4) is 5.75 Å². The monoisotopic (exact) mass is 473 g/mol. The van der Waals surface area contributed by atoms with Crippen LogP contribution in [0.4, 0.5) is 0 Å². The Bertz CT molecular complexity index is 1240. The van der Waals surface area contributed by atoms with Gasteiger partial charge in [-0.15, -0.1) is 0 Å². The molecule has 3 aliphatic heterocycles. The van der Waals surface area contributed by atoms with Crippen molar-refractivity contribution in [2.75, 3.05) is 20.2 Å². The molecule has 1 N–H and O–H groups in total. The van der Waals surface area contributed by atoms with Crippen molar-refractivity contribution in [3.63, 3.8) is 0 Å². The van der Waals surface area contributed by atoms with Crippen LogP contribution in [0.25, 0.3) is 0 Å². The lowest BCUT2D eigenvalue weighted by Gasteiger charge is -2.59. The van der Waals surface area contributed by atoms with Gasteiger partial charge in [-0.2, -0.15) is 0 Å². The Kier molecular flexibility index (Phi) is 4.95. The van der Waals surface area contributed by atoms with E-state index in [1.807, 2.05) is 17.0 Å². The molecule has 3 fully saturated rings. The first-order valence-electron chi connectivity index (χ1n) is 12.1. The van der Waals surface area contributed by atoms with Gasteiger partial charge < -0.3 is 14.5 Å². The highest BCUT2D eigenvalue weighted by atomic mass is 16.5. The number of methoxy groups -OCH3 is 1. The lowest BCUT2D eigenvalue weighted by molar-refractivity contribution is -0.136. The molecular weight excluding hydrogens is 446 g/mol. The molecule has 2 aromatic rings. The average molecular weight is 474 g/mol. The van der Waals surface area contributed by atoms with Gasteiger partial charge in [-0.3, -0.25) is 24.5 Å². The van der Waals surface area contributed by atoms with Gasteiger partial charge in [0, 0.05) is 42.6 Å². The zero-order valence-corrected chi connectivity index (χ0v) is 19.6. The van der Waals surface area contributed by atoms with Crippen molar-refractivity contribution >= 4 is 23.6 Å². The van der Waals surface area contributed by atoms with Crippen molar-refractivity contribution < 1.29 is 23.9 Å². The highest BCUT2D eigenvalue weighted by Crippen LogP contribution is 2.56. The molecule has 3 heterocycles. The van der Waals surface area contributed by atoms with Crippen LogP contribution in [0, 0.1) is 5.41 Å². The molecule has 0 bridgehead atoms. The van der Waals surface area contributed by atoms with Gasteiger partial charge in [-0.05, 0) is 66.6 Å². The fourth-order valence-electron chi connectivity index (χ4n) is 6.15. The number of piperidine rings is 1. The second-order valence-corrected chi connectivity index (χ2v) is 10.3. The van der Waals surface area contributed by atoms with E-state index in [-0.39, 0.29) is 36.1 Å². The van der Waals surface area contributed by atoms with Gasteiger partial charge in [-0.25, -0.2) is 0 Å². The third kappa shape index (κ3) is 3.59. The standard InChI is InChI=1S/C27H27N3O5/c1-35-20-5-2-16(3-6-20)19-11-27(12-19)14-29(15-27)25(33)17-4-7-21-18(10-17)13-30(26(21)34)22-8-9-23(31)28-24(22)32/h2-7,10,19,22H,8-9,11-15H2,1H3,(H,28,31,32). The van der Waals surface area contributed by atoms with Crippen molar-refractivity contribution in [2.24, 2.45) is 5.41 Å². The third-order valence-corrected chi connectivity index (χ3v) is 8.06. The number of hydrogen-bond acceptors (Lipinski definition) is 5. The summed E-state index contributed by atoms with van der Waals surface area (Å²) < 4.78 is 5.24. The zero-order valence-electron chi connectivity index (χ0n) is 19.6. The number of rotatable bonds is 4. The number of ether oxygens (including phenoxy) is 1. The molecule has 35 heavy (non-hydrogen) atoms. The summed E-state index contributed by atoms with van der Waals surface area (Å²) in [5.41, 5.74) is 3.39. The van der Waals surface area contributed by atoms with E-state index < -0.39 is 11.9 Å². The second-order valence-electron chi connectivity index (χ2n) is 10.3. The molecule has 8 heteroatoms. The van der Waals surface area contributed by atoms with E-state index in [4.69, 9.17) is 4.74 Å². The van der Waals surface area contributed by atoms with Crippen LogP contribution in [0.15, 0.2) is 42.5 Å². The molecule has 4 amide bonds. The molecule has 2 aromatic carbocycles. The lowest BCUT2D eigenvalue weighted by atomic mass is 9.56. The molecule has 1 spiro atoms. The Hall–Kier alpha value is -3.68. The molecule has 0 radical (unpaired) electrons. The van der Waals surface area contributed by atoms with Gasteiger partial charge in [0.15, 0.2) is 0 Å². The Morgan fingerprint density at radius 1 is 1.06 bits per heavy atom. The van der Waals surface area contributed by atoms with Gasteiger partial charge in [0.1, 0.15) is 11.8 Å². The van der Waals surface area contributed by atoms with Crippen LogP contribution >= 0.6 is 0 Å². The average Bonchev–Trinajstić information content (AvgIpc) is 3.13. The first-order chi connectivity index (χ1) is 16.9. The molecule has 0 aromatic heterocycles. The number of hydrogen-bond donors (Lipinski definition) is 1. The first kappa shape index (κ1) is 21.8. The molecule has 1 unspecified atom stereocenters. The van der Waals surface area contributed by atoms with Crippen LogP contribution in [0.3, 0.4) is 0 Å². The topological polar surface area (TPSA) is 96.0 Å². The summed E-state index contributed by atoms with van der Waals surface area (Å²) in [6.07, 6.45) is 2.71. The van der Waals surface area contributed by atoms with E-state index in [0.717, 1.165) is 37.2 Å². The van der Waals surface area contributed by atoms with Crippen LogP contribution in [-0.2, 0) is 16.1 Å². The number of nitrogens with one attached hydrogen (secondary N) is 1. The van der Waals surface area contributed by atoms with E-state index >= 15 is 0 Å². The number of amides is 4. The summed E-state index contributed by atoms with van der Waals surface area (Å²) in [6.45, 7) is 1.79. The van der Waals surface area contributed by atoms with Gasteiger partial charge in [0.05, 0.1) is 7.11 Å². The maximum absolute atomic E-state index is 13.1. The number of likely N-dealkylation sites (tertiary alicyclic amines) is 1. The Balaban J connectivity index is 1.08. The van der Waals surface area contributed by atoms with E-state index in [1.165, 1.54) is 10.5 Å². The molecule has 1 saturated carbocycles. The van der Waals surface area contributed by atoms with Crippen LogP contribution < -0.4 is 10.1 Å². The highest BCUT2D eigenvalue weighted by molar-refractivity contribution is 6.06. The minimum absolute atomic E-state index is 0.0155. The Morgan fingerprint density at radius 3 is 2.49 bits per heavy atom. The molecule has 1 aliphatic carbocycles. The van der Waals surface area contributed by atoms with Crippen molar-refractivity contribution in [1.29, 1.82) is 0 Å². The van der Waals surface area contributed by atoms with E-state index in [2.05, 4.69) is 17.4 Å². The van der Waals surface area contributed by atoms with E-state index in [9.17, 15) is 19.2 Å². The Labute approximate surface area is 203 Å². The highest BCUT2D eigenvalue weighted by Gasteiger charge is 2.54. The maximum Gasteiger partial charge on any atom is 0.255 e. The summed E-state index contributed by atoms with van der Waals surface area (Å²) in [6, 6.07) is 12.8. The number of imide groups is 1. The first-order valence-corrected chi connectivity index (χ1v) is 12.1. The van der Waals surface area contributed by atoms with Crippen molar-refractivity contribution in [2.45, 2.75) is 44.2 Å². The summed E-state index contributed by atoms with van der Waals surface area (Å²) >= 11 is 0. The SMILES string of the molecule is COc1ccc(C2CC3(C2)CN(C(=O)c2ccc4c(c2)CN(C2CCC(=O)NC2=O)C4=O)C3)cc1. The second kappa shape index (κ2) is 7.93. The third-order valence-electron chi connectivity index (χ3n) is 8.06. The largest absolute Gasteiger partial charge is 0.497 e. The number of benzene rings is 2. The van der Waals surface area contributed by atoms with Gasteiger partial charge in [0.2, 0.25) is 11.8 Å². The molecular formula is C27H27N3O5. The van der Waals surface area contributed by atoms with Gasteiger partial charge >= 0.3 is 0 Å². The van der Waals surface area contributed by atoms with Gasteiger partial charge in [-0.1, -0.05) is 12.1 Å². The summed E-state index contributed by atoms with van der Waals surface area (Å²) in [5.74, 6) is 0.408. The van der Waals surface area contributed by atoms with Crippen LogP contribution in [0.5, 0.6) is 5.75 Å². The van der Waals surface area contributed by atoms with Crippen LogP contribution in [0.1, 0.15) is 63.4 Å². The predicted molar refractivity (Wildman–Crippen MR) is 126 cm³/mol. The van der Waals surface area contributed by atoms with Crippen LogP contribution in [0.2, 0.25) is 0 Å². The van der Waals surface area contributed by atoms with Gasteiger partial charge in [0.25, 0.3) is 11.8 Å². The Morgan fingerprint density at radius 2 is 1.80 bits per heavy atom. The van der Waals surface area contributed by atoms with E-state index in [1.54, 1.807) is 25.3 Å². The van der Waals surface area contributed by atoms with Crippen LogP contribution in [-0.4, -0.2) is 59.7 Å². The number of nitrogens with zero attached hydrogens (tertiary/aromatic N) is 2. The summed E-state index contributed by atoms with van der Waals surface area (Å²) in [4.78, 5) is 53.1. The fourth-order valence-corrected chi connectivity index (χ4v) is 6.15.